The molecule has 2 aromatic carbocycles. The molecule has 0 aromatic heterocycles. The van der Waals surface area contributed by atoms with Crippen LogP contribution >= 0.6 is 0 Å². The summed E-state index contributed by atoms with van der Waals surface area (Å²) in [6, 6.07) is 16.6. The average Bonchev–Trinajstić information content (AvgIpc) is 2.79. The molecule has 1 saturated heterocycles. The Morgan fingerprint density at radius 2 is 1.93 bits per heavy atom. The largest absolute Gasteiger partial charge is 0.380 e. The van der Waals surface area contributed by atoms with Gasteiger partial charge in [-0.3, -0.25) is 9.89 Å². The third-order valence-corrected chi connectivity index (χ3v) is 5.79. The molecule has 30 heavy (non-hydrogen) atoms. The number of guanidine groups is 1. The minimum absolute atomic E-state index is 0.236. The summed E-state index contributed by atoms with van der Waals surface area (Å²) >= 11 is 0. The van der Waals surface area contributed by atoms with Crippen molar-refractivity contribution in [2.45, 2.75) is 45.0 Å². The second kappa shape index (κ2) is 11.1. The fraction of sp³-hybridized carbons (Fsp3) is 0.458. The number of rotatable bonds is 7. The lowest BCUT2D eigenvalue weighted by Gasteiger charge is -2.37. The fourth-order valence-electron chi connectivity index (χ4n) is 3.95. The number of piperidine rings is 1. The SMILES string of the molecule is CN=C(NCc1ccc(F)c(COC)c1)NC1CCN(C(C)c2ccccc2)CC1. The van der Waals surface area contributed by atoms with E-state index in [2.05, 4.69) is 57.8 Å². The zero-order valence-electron chi connectivity index (χ0n) is 18.2. The van der Waals surface area contributed by atoms with Crippen LogP contribution in [-0.2, 0) is 17.9 Å². The van der Waals surface area contributed by atoms with Crippen LogP contribution in [-0.4, -0.2) is 44.1 Å². The number of likely N-dealkylation sites (tertiary alicyclic amines) is 1. The van der Waals surface area contributed by atoms with Gasteiger partial charge in [0.1, 0.15) is 5.82 Å². The fourth-order valence-corrected chi connectivity index (χ4v) is 3.95. The molecule has 1 fully saturated rings. The third kappa shape index (κ3) is 6.03. The molecule has 1 aliphatic rings. The molecule has 1 aliphatic heterocycles. The predicted molar refractivity (Wildman–Crippen MR) is 120 cm³/mol. The first-order chi connectivity index (χ1) is 14.6. The summed E-state index contributed by atoms with van der Waals surface area (Å²) in [5.41, 5.74) is 2.94. The van der Waals surface area contributed by atoms with E-state index in [0.717, 1.165) is 37.5 Å². The molecule has 0 spiro atoms. The monoisotopic (exact) mass is 412 g/mol. The van der Waals surface area contributed by atoms with E-state index in [1.807, 2.05) is 6.07 Å². The maximum Gasteiger partial charge on any atom is 0.191 e. The number of hydrogen-bond acceptors (Lipinski definition) is 3. The number of methoxy groups -OCH3 is 1. The number of hydrogen-bond donors (Lipinski definition) is 2. The Balaban J connectivity index is 1.47. The minimum atomic E-state index is -0.236. The van der Waals surface area contributed by atoms with Crippen molar-refractivity contribution in [2.75, 3.05) is 27.2 Å². The minimum Gasteiger partial charge on any atom is -0.380 e. The van der Waals surface area contributed by atoms with E-state index in [-0.39, 0.29) is 12.4 Å². The van der Waals surface area contributed by atoms with E-state index in [4.69, 9.17) is 4.74 Å². The summed E-state index contributed by atoms with van der Waals surface area (Å²) in [5, 5.41) is 6.88. The van der Waals surface area contributed by atoms with Crippen LogP contribution in [0.4, 0.5) is 4.39 Å². The first-order valence-electron chi connectivity index (χ1n) is 10.6. The van der Waals surface area contributed by atoms with Crippen LogP contribution in [0, 0.1) is 5.82 Å². The van der Waals surface area contributed by atoms with Crippen LogP contribution < -0.4 is 10.6 Å². The number of benzene rings is 2. The summed E-state index contributed by atoms with van der Waals surface area (Å²) in [7, 11) is 3.35. The van der Waals surface area contributed by atoms with Crippen LogP contribution in [0.3, 0.4) is 0 Å². The van der Waals surface area contributed by atoms with Gasteiger partial charge in [-0.1, -0.05) is 36.4 Å². The Morgan fingerprint density at radius 1 is 1.20 bits per heavy atom. The van der Waals surface area contributed by atoms with Crippen molar-refractivity contribution in [1.82, 2.24) is 15.5 Å². The van der Waals surface area contributed by atoms with Crippen molar-refractivity contribution in [2.24, 2.45) is 4.99 Å². The molecule has 1 heterocycles. The Morgan fingerprint density at radius 3 is 2.60 bits per heavy atom. The number of nitrogens with one attached hydrogen (secondary N) is 2. The van der Waals surface area contributed by atoms with E-state index >= 15 is 0 Å². The highest BCUT2D eigenvalue weighted by molar-refractivity contribution is 5.79. The maximum absolute atomic E-state index is 13.8. The van der Waals surface area contributed by atoms with Gasteiger partial charge in [-0.15, -0.1) is 0 Å². The van der Waals surface area contributed by atoms with Gasteiger partial charge in [0.2, 0.25) is 0 Å². The van der Waals surface area contributed by atoms with Crippen LogP contribution in [0.5, 0.6) is 0 Å². The number of ether oxygens (including phenoxy) is 1. The van der Waals surface area contributed by atoms with Crippen LogP contribution in [0.2, 0.25) is 0 Å². The van der Waals surface area contributed by atoms with Gasteiger partial charge < -0.3 is 15.4 Å². The van der Waals surface area contributed by atoms with Crippen molar-refractivity contribution in [3.63, 3.8) is 0 Å². The van der Waals surface area contributed by atoms with E-state index in [1.165, 1.54) is 11.6 Å². The lowest BCUT2D eigenvalue weighted by atomic mass is 10.0. The lowest BCUT2D eigenvalue weighted by molar-refractivity contribution is 0.158. The maximum atomic E-state index is 13.8. The molecule has 162 valence electrons. The molecule has 2 N–H and O–H groups in total. The van der Waals surface area contributed by atoms with E-state index in [0.29, 0.717) is 24.2 Å². The van der Waals surface area contributed by atoms with Gasteiger partial charge in [0.15, 0.2) is 5.96 Å². The quantitative estimate of drug-likeness (QED) is 0.536. The normalized spacial score (nSPS) is 17.0. The summed E-state index contributed by atoms with van der Waals surface area (Å²) in [6.07, 6.45) is 2.15. The molecule has 0 radical (unpaired) electrons. The van der Waals surface area contributed by atoms with Gasteiger partial charge in [0.25, 0.3) is 0 Å². The van der Waals surface area contributed by atoms with Crippen molar-refractivity contribution in [1.29, 1.82) is 0 Å². The Kier molecular flexibility index (Phi) is 8.22. The Bertz CT molecular complexity index is 819. The molecule has 3 rings (SSSR count). The summed E-state index contributed by atoms with van der Waals surface area (Å²) in [5.74, 6) is 0.543. The topological polar surface area (TPSA) is 48.9 Å². The zero-order valence-corrected chi connectivity index (χ0v) is 18.2. The van der Waals surface area contributed by atoms with Gasteiger partial charge in [-0.2, -0.15) is 0 Å². The van der Waals surface area contributed by atoms with Crippen LogP contribution in [0.1, 0.15) is 42.5 Å². The smallest absolute Gasteiger partial charge is 0.191 e. The standard InChI is InChI=1S/C24H33FN4O/c1-18(20-7-5-4-6-8-20)29-13-11-22(12-14-29)28-24(26-2)27-16-19-9-10-23(25)21(15-19)17-30-3/h4-10,15,18,22H,11-14,16-17H2,1-3H3,(H2,26,27,28). The summed E-state index contributed by atoms with van der Waals surface area (Å²) < 4.78 is 18.9. The summed E-state index contributed by atoms with van der Waals surface area (Å²) in [4.78, 5) is 6.90. The molecule has 0 saturated carbocycles. The second-order valence-corrected chi connectivity index (χ2v) is 7.83. The van der Waals surface area contributed by atoms with Gasteiger partial charge in [-0.05, 0) is 43.0 Å². The molecule has 5 nitrogen and oxygen atoms in total. The molecule has 0 bridgehead atoms. The number of nitrogens with zero attached hydrogens (tertiary/aromatic N) is 2. The highest BCUT2D eigenvalue weighted by Gasteiger charge is 2.24. The van der Waals surface area contributed by atoms with Crippen molar-refractivity contribution in [3.05, 3.63) is 71.0 Å². The molecule has 6 heteroatoms. The number of aliphatic imine (C=N–C) groups is 1. The highest BCUT2D eigenvalue weighted by atomic mass is 19.1. The van der Waals surface area contributed by atoms with E-state index < -0.39 is 0 Å². The predicted octanol–water partition coefficient (Wildman–Crippen LogP) is 3.86. The van der Waals surface area contributed by atoms with Gasteiger partial charge in [0.05, 0.1) is 6.61 Å². The van der Waals surface area contributed by atoms with Gasteiger partial charge in [-0.25, -0.2) is 4.39 Å². The first kappa shape index (κ1) is 22.2. The average molecular weight is 413 g/mol. The van der Waals surface area contributed by atoms with Crippen molar-refractivity contribution in [3.8, 4) is 0 Å². The lowest BCUT2D eigenvalue weighted by Crippen LogP contribution is -2.48. The molecule has 1 atom stereocenters. The van der Waals surface area contributed by atoms with Crippen molar-refractivity contribution >= 4 is 5.96 Å². The molecule has 0 amide bonds. The van der Waals surface area contributed by atoms with E-state index in [1.54, 1.807) is 20.2 Å². The van der Waals surface area contributed by atoms with Crippen LogP contribution in [0.15, 0.2) is 53.5 Å². The van der Waals surface area contributed by atoms with Gasteiger partial charge in [0, 0.05) is 51.4 Å². The molecule has 0 aliphatic carbocycles. The van der Waals surface area contributed by atoms with Crippen molar-refractivity contribution < 1.29 is 9.13 Å². The molecular weight excluding hydrogens is 379 g/mol. The van der Waals surface area contributed by atoms with Gasteiger partial charge >= 0.3 is 0 Å². The van der Waals surface area contributed by atoms with E-state index in [9.17, 15) is 4.39 Å². The molecule has 1 unspecified atom stereocenters. The highest BCUT2D eigenvalue weighted by Crippen LogP contribution is 2.24. The Hall–Kier alpha value is -2.44. The number of halogens is 1. The summed E-state index contributed by atoms with van der Waals surface area (Å²) in [6.45, 7) is 5.25. The third-order valence-electron chi connectivity index (χ3n) is 5.79. The molecular formula is C24H33FN4O. The first-order valence-corrected chi connectivity index (χ1v) is 10.6. The zero-order chi connectivity index (χ0) is 21.3. The Labute approximate surface area is 179 Å². The molecule has 2 aromatic rings. The second-order valence-electron chi connectivity index (χ2n) is 7.83. The van der Waals surface area contributed by atoms with Crippen LogP contribution in [0.25, 0.3) is 0 Å².